The summed E-state index contributed by atoms with van der Waals surface area (Å²) < 4.78 is 5.18. The molecule has 0 aromatic heterocycles. The lowest BCUT2D eigenvalue weighted by Crippen LogP contribution is -2.48. The molecule has 29 heavy (non-hydrogen) atoms. The van der Waals surface area contributed by atoms with E-state index in [1.165, 1.54) is 0 Å². The highest BCUT2D eigenvalue weighted by molar-refractivity contribution is 14.0. The highest BCUT2D eigenvalue weighted by atomic mass is 127. The van der Waals surface area contributed by atoms with Crippen molar-refractivity contribution in [2.24, 2.45) is 4.99 Å². The summed E-state index contributed by atoms with van der Waals surface area (Å²) in [5.41, 5.74) is 1.08. The summed E-state index contributed by atoms with van der Waals surface area (Å²) in [5, 5.41) is 7.35. The van der Waals surface area contributed by atoms with Gasteiger partial charge in [0.2, 0.25) is 5.91 Å². The Morgan fingerprint density at radius 1 is 1.24 bits per heavy atom. The predicted octanol–water partition coefficient (Wildman–Crippen LogP) is 2.23. The zero-order valence-corrected chi connectivity index (χ0v) is 20.6. The number of carbonyl (C=O) groups is 1. The van der Waals surface area contributed by atoms with Crippen LogP contribution in [0.15, 0.2) is 23.2 Å². The van der Waals surface area contributed by atoms with E-state index in [0.29, 0.717) is 5.02 Å². The molecule has 1 aliphatic rings. The first-order valence-corrected chi connectivity index (χ1v) is 10.2. The smallest absolute Gasteiger partial charge is 0.219 e. The van der Waals surface area contributed by atoms with E-state index in [9.17, 15) is 4.79 Å². The molecule has 2 N–H and O–H groups in total. The number of rotatable bonds is 8. The lowest BCUT2D eigenvalue weighted by Gasteiger charge is -2.33. The second-order valence-corrected chi connectivity index (χ2v) is 7.15. The minimum atomic E-state index is 0. The van der Waals surface area contributed by atoms with E-state index in [0.717, 1.165) is 76.1 Å². The van der Waals surface area contributed by atoms with Crippen LogP contribution in [0, 0.1) is 0 Å². The summed E-state index contributed by atoms with van der Waals surface area (Å²) in [6.45, 7) is 10.3. The van der Waals surface area contributed by atoms with Crippen molar-refractivity contribution in [3.8, 4) is 5.75 Å². The SMILES string of the molecule is CCNC(=NCCN1CCN(C(C)=O)CC1)NCCc1ccc(OC)cc1Cl.I. The summed E-state index contributed by atoms with van der Waals surface area (Å²) in [4.78, 5) is 20.3. The fourth-order valence-electron chi connectivity index (χ4n) is 3.10. The number of amides is 1. The van der Waals surface area contributed by atoms with E-state index in [2.05, 4.69) is 27.4 Å². The average molecular weight is 538 g/mol. The second kappa shape index (κ2) is 13.9. The van der Waals surface area contributed by atoms with E-state index in [1.807, 2.05) is 23.1 Å². The van der Waals surface area contributed by atoms with Crippen LogP contribution in [0.4, 0.5) is 0 Å². The van der Waals surface area contributed by atoms with Crippen LogP contribution in [0.3, 0.4) is 0 Å². The van der Waals surface area contributed by atoms with Gasteiger partial charge in [0.15, 0.2) is 5.96 Å². The Morgan fingerprint density at radius 2 is 1.97 bits per heavy atom. The molecule has 0 bridgehead atoms. The van der Waals surface area contributed by atoms with E-state index in [4.69, 9.17) is 16.3 Å². The Morgan fingerprint density at radius 3 is 2.55 bits per heavy atom. The van der Waals surface area contributed by atoms with Gasteiger partial charge < -0.3 is 20.3 Å². The maximum Gasteiger partial charge on any atom is 0.219 e. The Balaban J connectivity index is 0.00000420. The van der Waals surface area contributed by atoms with Crippen LogP contribution < -0.4 is 15.4 Å². The highest BCUT2D eigenvalue weighted by Gasteiger charge is 2.17. The number of methoxy groups -OCH3 is 1. The van der Waals surface area contributed by atoms with E-state index < -0.39 is 0 Å². The minimum Gasteiger partial charge on any atom is -0.497 e. The Labute approximate surface area is 196 Å². The molecule has 0 radical (unpaired) electrons. The maximum absolute atomic E-state index is 11.4. The molecule has 1 aromatic carbocycles. The quantitative estimate of drug-likeness (QED) is 0.302. The van der Waals surface area contributed by atoms with Gasteiger partial charge >= 0.3 is 0 Å². The molecular weight excluding hydrogens is 505 g/mol. The third-order valence-electron chi connectivity index (χ3n) is 4.80. The van der Waals surface area contributed by atoms with Crippen LogP contribution in [0.5, 0.6) is 5.75 Å². The van der Waals surface area contributed by atoms with Gasteiger partial charge in [-0.25, -0.2) is 0 Å². The predicted molar refractivity (Wildman–Crippen MR) is 130 cm³/mol. The Bertz CT molecular complexity index is 666. The van der Waals surface area contributed by atoms with Crippen LogP contribution in [0.25, 0.3) is 0 Å². The summed E-state index contributed by atoms with van der Waals surface area (Å²) >= 11 is 6.30. The highest BCUT2D eigenvalue weighted by Crippen LogP contribution is 2.22. The molecule has 1 fully saturated rings. The normalized spacial score (nSPS) is 14.9. The zero-order valence-electron chi connectivity index (χ0n) is 17.5. The van der Waals surface area contributed by atoms with Crippen molar-refractivity contribution in [3.05, 3.63) is 28.8 Å². The molecule has 7 nitrogen and oxygen atoms in total. The van der Waals surface area contributed by atoms with Crippen molar-refractivity contribution in [2.75, 3.05) is 59.5 Å². The second-order valence-electron chi connectivity index (χ2n) is 6.74. The number of halogens is 2. The molecule has 0 atom stereocenters. The molecule has 0 spiro atoms. The Kier molecular flexibility index (Phi) is 12.3. The van der Waals surface area contributed by atoms with Crippen molar-refractivity contribution in [1.29, 1.82) is 0 Å². The molecule has 164 valence electrons. The summed E-state index contributed by atoms with van der Waals surface area (Å²) in [6.07, 6.45) is 0.806. The van der Waals surface area contributed by atoms with Crippen LogP contribution in [0.1, 0.15) is 19.4 Å². The first-order valence-electron chi connectivity index (χ1n) is 9.86. The molecule has 0 saturated carbocycles. The van der Waals surface area contributed by atoms with Gasteiger partial charge in [0, 0.05) is 57.8 Å². The molecule has 1 amide bonds. The standard InChI is InChI=1S/C20H32ClN5O2.HI/c1-4-22-20(23-8-7-17-5-6-18(28-3)15-19(17)21)24-9-10-25-11-13-26(14-12-25)16(2)27;/h5-6,15H,4,7-14H2,1-3H3,(H2,22,23,24);1H. The fourth-order valence-corrected chi connectivity index (χ4v) is 3.37. The first kappa shape index (κ1) is 25.8. The number of ether oxygens (including phenoxy) is 1. The molecule has 0 aliphatic carbocycles. The van der Waals surface area contributed by atoms with Gasteiger partial charge in [-0.1, -0.05) is 17.7 Å². The molecule has 1 saturated heterocycles. The van der Waals surface area contributed by atoms with Crippen molar-refractivity contribution in [3.63, 3.8) is 0 Å². The lowest BCUT2D eigenvalue weighted by molar-refractivity contribution is -0.130. The Hall–Kier alpha value is -1.26. The number of nitrogens with zero attached hydrogens (tertiary/aromatic N) is 3. The maximum atomic E-state index is 11.4. The topological polar surface area (TPSA) is 69.2 Å². The van der Waals surface area contributed by atoms with Gasteiger partial charge in [0.25, 0.3) is 0 Å². The van der Waals surface area contributed by atoms with Crippen molar-refractivity contribution >= 4 is 47.4 Å². The number of benzene rings is 1. The summed E-state index contributed by atoms with van der Waals surface area (Å²) in [5.74, 6) is 1.74. The van der Waals surface area contributed by atoms with Gasteiger partial charge in [0.1, 0.15) is 5.75 Å². The average Bonchev–Trinajstić information content (AvgIpc) is 2.69. The monoisotopic (exact) mass is 537 g/mol. The number of aliphatic imine (C=N–C) groups is 1. The fraction of sp³-hybridized carbons (Fsp3) is 0.600. The largest absolute Gasteiger partial charge is 0.497 e. The zero-order chi connectivity index (χ0) is 20.4. The van der Waals surface area contributed by atoms with E-state index >= 15 is 0 Å². The minimum absolute atomic E-state index is 0. The van der Waals surface area contributed by atoms with Gasteiger partial charge in [-0.05, 0) is 31.0 Å². The van der Waals surface area contributed by atoms with Gasteiger partial charge in [-0.15, -0.1) is 24.0 Å². The number of guanidine groups is 1. The molecule has 9 heteroatoms. The first-order chi connectivity index (χ1) is 13.5. The number of hydrogen-bond acceptors (Lipinski definition) is 4. The number of hydrogen-bond donors (Lipinski definition) is 2. The van der Waals surface area contributed by atoms with Crippen molar-refractivity contribution in [2.45, 2.75) is 20.3 Å². The van der Waals surface area contributed by atoms with Crippen LogP contribution >= 0.6 is 35.6 Å². The summed E-state index contributed by atoms with van der Waals surface area (Å²) in [7, 11) is 1.63. The number of nitrogens with one attached hydrogen (secondary N) is 2. The van der Waals surface area contributed by atoms with Gasteiger partial charge in [0.05, 0.1) is 13.7 Å². The van der Waals surface area contributed by atoms with E-state index in [-0.39, 0.29) is 29.9 Å². The van der Waals surface area contributed by atoms with Crippen molar-refractivity contribution in [1.82, 2.24) is 20.4 Å². The molecular formula is C20H33ClIN5O2. The van der Waals surface area contributed by atoms with Crippen LogP contribution in [-0.4, -0.2) is 81.1 Å². The molecule has 0 unspecified atom stereocenters. The summed E-state index contributed by atoms with van der Waals surface area (Å²) in [6, 6.07) is 5.75. The number of piperazine rings is 1. The van der Waals surface area contributed by atoms with E-state index in [1.54, 1.807) is 14.0 Å². The van der Waals surface area contributed by atoms with Crippen LogP contribution in [0.2, 0.25) is 5.02 Å². The third-order valence-corrected chi connectivity index (χ3v) is 5.15. The molecule has 1 heterocycles. The lowest BCUT2D eigenvalue weighted by atomic mass is 10.1. The molecule has 1 aromatic rings. The van der Waals surface area contributed by atoms with Crippen LogP contribution in [-0.2, 0) is 11.2 Å². The third kappa shape index (κ3) is 8.96. The molecule has 1 aliphatic heterocycles. The van der Waals surface area contributed by atoms with Crippen molar-refractivity contribution < 1.29 is 9.53 Å². The number of carbonyl (C=O) groups excluding carboxylic acids is 1. The van der Waals surface area contributed by atoms with Gasteiger partial charge in [-0.3, -0.25) is 14.7 Å². The van der Waals surface area contributed by atoms with Gasteiger partial charge in [-0.2, -0.15) is 0 Å². The molecule has 2 rings (SSSR count).